The topological polar surface area (TPSA) is 84.8 Å². The van der Waals surface area contributed by atoms with Crippen LogP contribution in [0.1, 0.15) is 38.9 Å². The van der Waals surface area contributed by atoms with Gasteiger partial charge in [-0.25, -0.2) is 4.68 Å². The Balaban J connectivity index is 1.39. The van der Waals surface area contributed by atoms with Gasteiger partial charge in [-0.3, -0.25) is 14.0 Å². The van der Waals surface area contributed by atoms with Gasteiger partial charge < -0.3 is 14.6 Å². The second-order valence-corrected chi connectivity index (χ2v) is 8.02. The molecule has 0 unspecified atom stereocenters. The molecule has 3 aromatic rings. The lowest BCUT2D eigenvalue weighted by Gasteiger charge is -2.30. The minimum Gasteiger partial charge on any atom is -0.463 e. The molecule has 0 bridgehead atoms. The largest absolute Gasteiger partial charge is 0.463 e. The van der Waals surface area contributed by atoms with Crippen LogP contribution in [-0.2, 0) is 17.8 Å². The molecule has 0 aromatic carbocycles. The van der Waals surface area contributed by atoms with Crippen LogP contribution in [-0.4, -0.2) is 51.2 Å². The van der Waals surface area contributed by atoms with Gasteiger partial charge in [-0.1, -0.05) is 13.8 Å². The van der Waals surface area contributed by atoms with Crippen molar-refractivity contribution in [2.24, 2.45) is 5.92 Å². The van der Waals surface area contributed by atoms with E-state index in [4.69, 9.17) is 4.42 Å². The lowest BCUT2D eigenvalue weighted by molar-refractivity contribution is -0.121. The van der Waals surface area contributed by atoms with Gasteiger partial charge in [0.15, 0.2) is 5.58 Å². The maximum absolute atomic E-state index is 12.8. The highest BCUT2D eigenvalue weighted by Gasteiger charge is 2.17. The zero-order chi connectivity index (χ0) is 20.4. The van der Waals surface area contributed by atoms with E-state index in [2.05, 4.69) is 22.2 Å². The summed E-state index contributed by atoms with van der Waals surface area (Å²) in [5, 5.41) is 7.35. The summed E-state index contributed by atoms with van der Waals surface area (Å²) < 4.78 is 8.49. The van der Waals surface area contributed by atoms with E-state index in [-0.39, 0.29) is 18.0 Å². The molecule has 29 heavy (non-hydrogen) atoms. The van der Waals surface area contributed by atoms with Crippen molar-refractivity contribution in [1.82, 2.24) is 24.4 Å². The third kappa shape index (κ3) is 4.07. The monoisotopic (exact) mass is 399 g/mol. The number of furan rings is 1. The molecule has 1 aliphatic rings. The number of nitrogens with one attached hydrogen (secondary N) is 1. The fraction of sp³-hybridized carbons (Fsp3) is 0.571. The van der Waals surface area contributed by atoms with E-state index in [1.165, 1.54) is 17.5 Å². The molecule has 1 saturated heterocycles. The number of nitrogens with zero attached hydrogens (tertiary/aromatic N) is 4. The second-order valence-electron chi connectivity index (χ2n) is 8.02. The standard InChI is InChI=1S/C21H29N5O3/c1-3-19-23-25(21(28)17-12-18-16(26(17)19)7-11-29-18)14-20(27)22-8-5-10-24-9-4-6-15(2)13-24/h7,11-12,15H,3-6,8-10,13-14H2,1-2H3,(H,22,27)/t15-/m1/s1. The minimum absolute atomic E-state index is 0.0738. The molecule has 0 spiro atoms. The maximum atomic E-state index is 12.8. The molecule has 0 radical (unpaired) electrons. The lowest BCUT2D eigenvalue weighted by Crippen LogP contribution is -2.38. The molecule has 8 heteroatoms. The Kier molecular flexibility index (Phi) is 5.71. The first-order valence-corrected chi connectivity index (χ1v) is 10.5. The molecule has 8 nitrogen and oxygen atoms in total. The van der Waals surface area contributed by atoms with Crippen LogP contribution in [0, 0.1) is 5.92 Å². The highest BCUT2D eigenvalue weighted by molar-refractivity contribution is 5.82. The second kappa shape index (κ2) is 8.41. The summed E-state index contributed by atoms with van der Waals surface area (Å²) in [5.41, 5.74) is 1.67. The summed E-state index contributed by atoms with van der Waals surface area (Å²) in [6.45, 7) is 8.10. The number of piperidine rings is 1. The molecule has 0 aliphatic carbocycles. The number of hydrogen-bond donors (Lipinski definition) is 1. The molecule has 4 rings (SSSR count). The van der Waals surface area contributed by atoms with Gasteiger partial charge in [-0.15, -0.1) is 0 Å². The van der Waals surface area contributed by atoms with Crippen LogP contribution in [0.15, 0.2) is 27.6 Å². The fourth-order valence-corrected chi connectivity index (χ4v) is 4.27. The summed E-state index contributed by atoms with van der Waals surface area (Å²) in [4.78, 5) is 27.7. The maximum Gasteiger partial charge on any atom is 0.291 e. The number of carbonyl (C=O) groups excluding carboxylic acids is 1. The van der Waals surface area contributed by atoms with Crippen LogP contribution < -0.4 is 10.9 Å². The van der Waals surface area contributed by atoms with E-state index in [9.17, 15) is 9.59 Å². The Labute approximate surface area is 169 Å². The molecule has 1 N–H and O–H groups in total. The quantitative estimate of drug-likeness (QED) is 0.615. The number of amides is 1. The van der Waals surface area contributed by atoms with Crippen LogP contribution in [0.4, 0.5) is 0 Å². The molecule has 4 heterocycles. The van der Waals surface area contributed by atoms with Gasteiger partial charge in [-0.05, 0) is 38.3 Å². The van der Waals surface area contributed by atoms with E-state index in [0.717, 1.165) is 43.3 Å². The zero-order valence-electron chi connectivity index (χ0n) is 17.2. The molecule has 1 aliphatic heterocycles. The van der Waals surface area contributed by atoms with Gasteiger partial charge in [0.25, 0.3) is 5.56 Å². The predicted octanol–water partition coefficient (Wildman–Crippen LogP) is 2.04. The number of hydrogen-bond acceptors (Lipinski definition) is 5. The molecular formula is C21H29N5O3. The Morgan fingerprint density at radius 2 is 2.24 bits per heavy atom. The molecule has 3 aromatic heterocycles. The molecule has 156 valence electrons. The van der Waals surface area contributed by atoms with E-state index in [1.807, 2.05) is 17.4 Å². The van der Waals surface area contributed by atoms with Crippen LogP contribution in [0.5, 0.6) is 0 Å². The van der Waals surface area contributed by atoms with Gasteiger partial charge in [0, 0.05) is 31.6 Å². The number of aryl methyl sites for hydroxylation is 1. The highest BCUT2D eigenvalue weighted by atomic mass is 16.3. The van der Waals surface area contributed by atoms with Gasteiger partial charge >= 0.3 is 0 Å². The Morgan fingerprint density at radius 1 is 1.38 bits per heavy atom. The number of fused-ring (bicyclic) bond motifs is 3. The van der Waals surface area contributed by atoms with E-state index in [1.54, 1.807) is 12.3 Å². The van der Waals surface area contributed by atoms with Crippen molar-refractivity contribution in [2.75, 3.05) is 26.2 Å². The molecule has 1 atom stereocenters. The normalized spacial score (nSPS) is 17.9. The van der Waals surface area contributed by atoms with Crippen LogP contribution >= 0.6 is 0 Å². The molecular weight excluding hydrogens is 370 g/mol. The van der Waals surface area contributed by atoms with Crippen molar-refractivity contribution in [1.29, 1.82) is 0 Å². The first-order valence-electron chi connectivity index (χ1n) is 10.5. The van der Waals surface area contributed by atoms with Crippen molar-refractivity contribution >= 4 is 22.5 Å². The van der Waals surface area contributed by atoms with E-state index >= 15 is 0 Å². The summed E-state index contributed by atoms with van der Waals surface area (Å²) in [5.74, 6) is 1.30. The van der Waals surface area contributed by atoms with E-state index < -0.39 is 0 Å². The smallest absolute Gasteiger partial charge is 0.291 e. The Hall–Kier alpha value is -2.61. The van der Waals surface area contributed by atoms with Crippen molar-refractivity contribution in [3.63, 3.8) is 0 Å². The summed E-state index contributed by atoms with van der Waals surface area (Å²) in [6.07, 6.45) is 5.72. The summed E-state index contributed by atoms with van der Waals surface area (Å²) >= 11 is 0. The molecule has 0 saturated carbocycles. The first-order chi connectivity index (χ1) is 14.1. The number of aromatic nitrogens is 3. The average Bonchev–Trinajstić information content (AvgIpc) is 3.29. The average molecular weight is 399 g/mol. The SMILES string of the molecule is CCc1nn(CC(=O)NCCCN2CCC[C@@H](C)C2)c(=O)c2cc3occc3n12. The van der Waals surface area contributed by atoms with Gasteiger partial charge in [0.05, 0.1) is 11.8 Å². The molecule has 1 amide bonds. The summed E-state index contributed by atoms with van der Waals surface area (Å²) in [7, 11) is 0. The van der Waals surface area contributed by atoms with Crippen molar-refractivity contribution in [3.8, 4) is 0 Å². The lowest BCUT2D eigenvalue weighted by atomic mass is 10.0. The number of carbonyl (C=O) groups is 1. The predicted molar refractivity (Wildman–Crippen MR) is 111 cm³/mol. The number of rotatable bonds is 7. The van der Waals surface area contributed by atoms with Gasteiger partial charge in [0.1, 0.15) is 17.9 Å². The van der Waals surface area contributed by atoms with Gasteiger partial charge in [-0.2, -0.15) is 5.10 Å². The number of likely N-dealkylation sites (tertiary alicyclic amines) is 1. The minimum atomic E-state index is -0.286. The van der Waals surface area contributed by atoms with Crippen molar-refractivity contribution in [3.05, 3.63) is 34.6 Å². The van der Waals surface area contributed by atoms with E-state index in [0.29, 0.717) is 24.1 Å². The van der Waals surface area contributed by atoms with Crippen molar-refractivity contribution < 1.29 is 9.21 Å². The van der Waals surface area contributed by atoms with Gasteiger partial charge in [0.2, 0.25) is 5.91 Å². The van der Waals surface area contributed by atoms with Crippen LogP contribution in [0.3, 0.4) is 0 Å². The first kappa shape index (κ1) is 19.7. The fourth-order valence-electron chi connectivity index (χ4n) is 4.27. The Bertz CT molecular complexity index is 1060. The zero-order valence-corrected chi connectivity index (χ0v) is 17.2. The van der Waals surface area contributed by atoms with Crippen LogP contribution in [0.2, 0.25) is 0 Å². The van der Waals surface area contributed by atoms with Crippen LogP contribution in [0.25, 0.3) is 16.6 Å². The Morgan fingerprint density at radius 3 is 3.03 bits per heavy atom. The third-order valence-corrected chi connectivity index (χ3v) is 5.69. The third-order valence-electron chi connectivity index (χ3n) is 5.69. The highest BCUT2D eigenvalue weighted by Crippen LogP contribution is 2.20. The molecule has 1 fully saturated rings. The van der Waals surface area contributed by atoms with Crippen molar-refractivity contribution in [2.45, 2.75) is 46.1 Å². The summed E-state index contributed by atoms with van der Waals surface area (Å²) in [6, 6.07) is 3.54.